The second-order valence-corrected chi connectivity index (χ2v) is 6.58. The number of halogens is 1. The van der Waals surface area contributed by atoms with Crippen LogP contribution in [0.1, 0.15) is 11.1 Å². The highest BCUT2D eigenvalue weighted by Crippen LogP contribution is 2.28. The van der Waals surface area contributed by atoms with Crippen LogP contribution >= 0.6 is 0 Å². The lowest BCUT2D eigenvalue weighted by Crippen LogP contribution is -2.11. The molecule has 0 saturated heterocycles. The Labute approximate surface area is 177 Å². The minimum Gasteiger partial charge on any atom is -0.468 e. The number of nitrogens with one attached hydrogen (secondary N) is 1. The maximum absolute atomic E-state index is 13.5. The fourth-order valence-electron chi connectivity index (χ4n) is 3.18. The first-order chi connectivity index (χ1) is 15.1. The number of benzene rings is 2. The number of methoxy groups -OCH3 is 3. The first kappa shape index (κ1) is 20.5. The van der Waals surface area contributed by atoms with Gasteiger partial charge in [0.2, 0.25) is 11.9 Å². The van der Waals surface area contributed by atoms with Gasteiger partial charge < -0.3 is 19.5 Å². The third kappa shape index (κ3) is 4.24. The number of fused-ring (bicyclic) bond motifs is 1. The van der Waals surface area contributed by atoms with E-state index >= 15 is 0 Å². The van der Waals surface area contributed by atoms with Crippen LogP contribution in [0.15, 0.2) is 42.5 Å². The van der Waals surface area contributed by atoms with Crippen LogP contribution < -0.4 is 14.8 Å². The number of nitrogens with zero attached hydrogens (tertiary/aromatic N) is 5. The molecule has 0 aliphatic rings. The van der Waals surface area contributed by atoms with Crippen molar-refractivity contribution in [1.29, 1.82) is 0 Å². The van der Waals surface area contributed by atoms with Gasteiger partial charge in [-0.3, -0.25) is 0 Å². The summed E-state index contributed by atoms with van der Waals surface area (Å²) >= 11 is 0. The number of ether oxygens (including phenoxy) is 3. The molecular weight excluding hydrogens is 403 g/mol. The first-order valence-corrected chi connectivity index (χ1v) is 9.45. The number of rotatable bonds is 8. The second-order valence-electron chi connectivity index (χ2n) is 6.58. The van der Waals surface area contributed by atoms with Crippen molar-refractivity contribution in [1.82, 2.24) is 24.5 Å². The summed E-state index contributed by atoms with van der Waals surface area (Å²) in [5.74, 6) is 0.222. The molecule has 2 aromatic carbocycles. The third-order valence-corrected chi connectivity index (χ3v) is 4.55. The highest BCUT2D eigenvalue weighted by molar-refractivity contribution is 5.81. The molecule has 0 spiro atoms. The molecule has 0 saturated carbocycles. The van der Waals surface area contributed by atoms with E-state index in [4.69, 9.17) is 14.2 Å². The molecule has 0 radical (unpaired) electrons. The molecule has 9 nitrogen and oxygen atoms in total. The van der Waals surface area contributed by atoms with E-state index in [0.29, 0.717) is 19.2 Å². The molecule has 2 heterocycles. The average Bonchev–Trinajstić information content (AvgIpc) is 3.17. The Morgan fingerprint density at radius 3 is 2.55 bits per heavy atom. The standard InChI is InChI=1S/C21H21FN6O3/c1-29-12-14-7-5-9-16-17(14)24-21(31-3)28(16)19-25-18(26-20(27-19)30-2)23-11-13-6-4-8-15(22)10-13/h4-10H,11-12H2,1-3H3,(H,23,25,26,27). The van der Waals surface area contributed by atoms with E-state index in [-0.39, 0.29) is 23.7 Å². The van der Waals surface area contributed by atoms with Crippen molar-refractivity contribution in [3.63, 3.8) is 0 Å². The highest BCUT2D eigenvalue weighted by atomic mass is 19.1. The maximum atomic E-state index is 13.5. The predicted octanol–water partition coefficient (Wildman–Crippen LogP) is 3.13. The third-order valence-electron chi connectivity index (χ3n) is 4.55. The molecule has 4 aromatic rings. The summed E-state index contributed by atoms with van der Waals surface area (Å²) in [5, 5.41) is 3.08. The van der Waals surface area contributed by atoms with Gasteiger partial charge in [0.15, 0.2) is 0 Å². The molecular formula is C21H21FN6O3. The SMILES string of the molecule is COCc1cccc2c1nc(OC)n2-c1nc(NCc2cccc(F)c2)nc(OC)n1. The van der Waals surface area contributed by atoms with Crippen LogP contribution in [-0.2, 0) is 17.9 Å². The minimum atomic E-state index is -0.310. The number of imidazole rings is 1. The van der Waals surface area contributed by atoms with Crippen molar-refractivity contribution in [3.05, 3.63) is 59.4 Å². The normalized spacial score (nSPS) is 11.0. The molecule has 2 aromatic heterocycles. The molecule has 0 bridgehead atoms. The summed E-state index contributed by atoms with van der Waals surface area (Å²) in [6, 6.07) is 12.4. The van der Waals surface area contributed by atoms with Gasteiger partial charge in [-0.05, 0) is 23.8 Å². The number of para-hydroxylation sites is 1. The summed E-state index contributed by atoms with van der Waals surface area (Å²) in [4.78, 5) is 17.7. The largest absolute Gasteiger partial charge is 0.468 e. The fourth-order valence-corrected chi connectivity index (χ4v) is 3.18. The van der Waals surface area contributed by atoms with Crippen LogP contribution in [0.4, 0.5) is 10.3 Å². The van der Waals surface area contributed by atoms with Crippen molar-refractivity contribution in [2.24, 2.45) is 0 Å². The van der Waals surface area contributed by atoms with Crippen LogP contribution in [0.25, 0.3) is 17.0 Å². The quantitative estimate of drug-likeness (QED) is 0.461. The van der Waals surface area contributed by atoms with E-state index in [1.54, 1.807) is 23.8 Å². The smallest absolute Gasteiger partial charge is 0.322 e. The Morgan fingerprint density at radius 1 is 0.968 bits per heavy atom. The van der Waals surface area contributed by atoms with Crippen LogP contribution in [0.2, 0.25) is 0 Å². The Hall–Kier alpha value is -3.79. The van der Waals surface area contributed by atoms with Gasteiger partial charge in [0, 0.05) is 19.2 Å². The molecule has 160 valence electrons. The van der Waals surface area contributed by atoms with Gasteiger partial charge in [0.1, 0.15) is 5.82 Å². The van der Waals surface area contributed by atoms with Crippen molar-refractivity contribution < 1.29 is 18.6 Å². The fraction of sp³-hybridized carbons (Fsp3) is 0.238. The summed E-state index contributed by atoms with van der Waals surface area (Å²) in [6.45, 7) is 0.725. The predicted molar refractivity (Wildman–Crippen MR) is 112 cm³/mol. The zero-order valence-corrected chi connectivity index (χ0v) is 17.3. The zero-order valence-electron chi connectivity index (χ0n) is 17.3. The van der Waals surface area contributed by atoms with Gasteiger partial charge in [0.05, 0.1) is 31.9 Å². The van der Waals surface area contributed by atoms with Crippen molar-refractivity contribution in [2.75, 3.05) is 26.6 Å². The summed E-state index contributed by atoms with van der Waals surface area (Å²) in [5.41, 5.74) is 3.11. The average molecular weight is 424 g/mol. The Bertz CT molecular complexity index is 1210. The zero-order chi connectivity index (χ0) is 21.8. The van der Waals surface area contributed by atoms with Crippen LogP contribution in [0, 0.1) is 5.82 Å². The van der Waals surface area contributed by atoms with E-state index in [1.807, 2.05) is 18.2 Å². The topological polar surface area (TPSA) is 96.2 Å². The van der Waals surface area contributed by atoms with Crippen LogP contribution in [0.3, 0.4) is 0 Å². The molecule has 31 heavy (non-hydrogen) atoms. The summed E-state index contributed by atoms with van der Waals surface area (Å²) in [6.07, 6.45) is 0. The van der Waals surface area contributed by atoms with Gasteiger partial charge >= 0.3 is 12.0 Å². The lowest BCUT2D eigenvalue weighted by molar-refractivity contribution is 0.186. The van der Waals surface area contributed by atoms with Gasteiger partial charge in [-0.15, -0.1) is 0 Å². The second kappa shape index (κ2) is 8.92. The van der Waals surface area contributed by atoms with Crippen LogP contribution in [0.5, 0.6) is 12.0 Å². The Balaban J connectivity index is 1.76. The molecule has 0 aliphatic heterocycles. The number of hydrogen-bond donors (Lipinski definition) is 1. The molecule has 0 aliphatic carbocycles. The van der Waals surface area contributed by atoms with Gasteiger partial charge in [-0.1, -0.05) is 24.3 Å². The Kier molecular flexibility index (Phi) is 5.89. The van der Waals surface area contributed by atoms with E-state index < -0.39 is 0 Å². The summed E-state index contributed by atoms with van der Waals surface area (Å²) < 4.78 is 31.1. The minimum absolute atomic E-state index is 0.115. The van der Waals surface area contributed by atoms with E-state index in [9.17, 15) is 4.39 Å². The van der Waals surface area contributed by atoms with E-state index in [2.05, 4.69) is 25.3 Å². The molecule has 0 amide bonds. The lowest BCUT2D eigenvalue weighted by atomic mass is 10.2. The van der Waals surface area contributed by atoms with Gasteiger partial charge in [-0.25, -0.2) is 8.96 Å². The van der Waals surface area contributed by atoms with Gasteiger partial charge in [0.25, 0.3) is 0 Å². The summed E-state index contributed by atoms with van der Waals surface area (Å²) in [7, 11) is 4.62. The number of aromatic nitrogens is 5. The van der Waals surface area contributed by atoms with E-state index in [1.165, 1.54) is 26.4 Å². The molecule has 1 N–H and O–H groups in total. The van der Waals surface area contributed by atoms with Crippen molar-refractivity contribution in [2.45, 2.75) is 13.2 Å². The van der Waals surface area contributed by atoms with Gasteiger partial charge in [-0.2, -0.15) is 19.9 Å². The first-order valence-electron chi connectivity index (χ1n) is 9.45. The molecule has 0 unspecified atom stereocenters. The number of hydrogen-bond acceptors (Lipinski definition) is 8. The monoisotopic (exact) mass is 424 g/mol. The van der Waals surface area contributed by atoms with Crippen molar-refractivity contribution in [3.8, 4) is 18.0 Å². The molecule has 0 atom stereocenters. The van der Waals surface area contributed by atoms with E-state index in [0.717, 1.165) is 22.2 Å². The molecule has 4 rings (SSSR count). The highest BCUT2D eigenvalue weighted by Gasteiger charge is 2.19. The maximum Gasteiger partial charge on any atom is 0.322 e. The molecule has 0 fully saturated rings. The van der Waals surface area contributed by atoms with Crippen LogP contribution in [-0.4, -0.2) is 45.8 Å². The number of anilines is 1. The molecule has 10 heteroatoms. The Morgan fingerprint density at radius 2 is 1.81 bits per heavy atom. The van der Waals surface area contributed by atoms with Crippen molar-refractivity contribution >= 4 is 17.0 Å². The lowest BCUT2D eigenvalue weighted by Gasteiger charge is -2.10.